The van der Waals surface area contributed by atoms with E-state index in [2.05, 4.69) is 43.8 Å². The summed E-state index contributed by atoms with van der Waals surface area (Å²) in [5.41, 5.74) is 4.57. The van der Waals surface area contributed by atoms with Crippen LogP contribution < -0.4 is 5.73 Å². The van der Waals surface area contributed by atoms with Gasteiger partial charge in [-0.05, 0) is 52.7 Å². The van der Waals surface area contributed by atoms with Crippen LogP contribution in [0.2, 0.25) is 0 Å². The van der Waals surface area contributed by atoms with E-state index < -0.39 is 5.97 Å². The van der Waals surface area contributed by atoms with Gasteiger partial charge < -0.3 is 15.7 Å². The van der Waals surface area contributed by atoms with Crippen molar-refractivity contribution in [3.05, 3.63) is 12.2 Å². The predicted octanol–water partition coefficient (Wildman–Crippen LogP) is 5.62. The van der Waals surface area contributed by atoms with Gasteiger partial charge in [0.25, 0.3) is 0 Å². The van der Waals surface area contributed by atoms with Gasteiger partial charge in [-0.25, -0.2) is 0 Å². The van der Waals surface area contributed by atoms with Gasteiger partial charge in [-0.15, -0.1) is 0 Å². The minimum atomic E-state index is -0.968. The minimum absolute atomic E-state index is 0.278. The van der Waals surface area contributed by atoms with E-state index in [0.717, 1.165) is 0 Å². The molecule has 0 fully saturated rings. The normalized spacial score (nSPS) is 11.0. The molecular formula is C22H46N2O2. The molecule has 4 nitrogen and oxygen atoms in total. The molecule has 0 aliphatic carbocycles. The van der Waals surface area contributed by atoms with Gasteiger partial charge in [0.15, 0.2) is 0 Å². The van der Waals surface area contributed by atoms with Crippen molar-refractivity contribution in [3.8, 4) is 0 Å². The molecule has 0 aromatic carbocycles. The number of nitrogens with zero attached hydrogens (tertiary/aromatic N) is 1. The van der Waals surface area contributed by atoms with Crippen LogP contribution in [0.5, 0.6) is 0 Å². The average molecular weight is 371 g/mol. The van der Waals surface area contributed by atoms with Gasteiger partial charge in [-0.2, -0.15) is 0 Å². The third-order valence-electron chi connectivity index (χ3n) is 4.29. The number of hydrogen-bond donors (Lipinski definition) is 2. The molecule has 156 valence electrons. The van der Waals surface area contributed by atoms with Crippen molar-refractivity contribution in [2.24, 2.45) is 5.73 Å². The van der Waals surface area contributed by atoms with E-state index in [1.54, 1.807) is 0 Å². The van der Waals surface area contributed by atoms with Crippen LogP contribution in [0.4, 0.5) is 0 Å². The van der Waals surface area contributed by atoms with Gasteiger partial charge in [0.2, 0.25) is 0 Å². The van der Waals surface area contributed by atoms with Crippen LogP contribution in [0.1, 0.15) is 96.8 Å². The number of allylic oxidation sites excluding steroid dienone is 2. The van der Waals surface area contributed by atoms with E-state index in [-0.39, 0.29) is 6.54 Å². The minimum Gasteiger partial charge on any atom is -0.480 e. The number of hydrogen-bond acceptors (Lipinski definition) is 3. The van der Waals surface area contributed by atoms with Crippen LogP contribution in [-0.2, 0) is 4.79 Å². The Morgan fingerprint density at radius 2 is 1.19 bits per heavy atom. The molecule has 0 saturated carbocycles. The average Bonchev–Trinajstić information content (AvgIpc) is 2.61. The zero-order valence-electron chi connectivity index (χ0n) is 17.8. The highest BCUT2D eigenvalue weighted by atomic mass is 16.4. The first-order valence-electron chi connectivity index (χ1n) is 10.8. The van der Waals surface area contributed by atoms with Crippen LogP contribution in [0.3, 0.4) is 0 Å². The number of unbranched alkanes of at least 4 members (excludes halogenated alkanes) is 12. The smallest absolute Gasteiger partial charge is 0.317 e. The van der Waals surface area contributed by atoms with Crippen molar-refractivity contribution in [2.45, 2.75) is 96.8 Å². The summed E-state index contributed by atoms with van der Waals surface area (Å²) in [7, 11) is 4.33. The third kappa shape index (κ3) is 31.0. The summed E-state index contributed by atoms with van der Waals surface area (Å²) in [4.78, 5) is 11.5. The molecule has 0 heterocycles. The van der Waals surface area contributed by atoms with Crippen molar-refractivity contribution in [1.29, 1.82) is 0 Å². The fourth-order valence-corrected chi connectivity index (χ4v) is 2.68. The molecule has 3 N–H and O–H groups in total. The molecule has 0 saturated heterocycles. The highest BCUT2D eigenvalue weighted by Gasteiger charge is 1.92. The van der Waals surface area contributed by atoms with Crippen LogP contribution in [-0.4, -0.2) is 43.2 Å². The first-order valence-corrected chi connectivity index (χ1v) is 10.8. The molecule has 0 aromatic rings. The maximum absolute atomic E-state index is 9.24. The third-order valence-corrected chi connectivity index (χ3v) is 4.29. The van der Waals surface area contributed by atoms with E-state index in [9.17, 15) is 4.79 Å². The highest BCUT2D eigenvalue weighted by Crippen LogP contribution is 2.09. The van der Waals surface area contributed by atoms with E-state index in [1.807, 2.05) is 0 Å². The quantitative estimate of drug-likeness (QED) is 0.258. The molecule has 0 unspecified atom stereocenters. The Bertz CT molecular complexity index is 305. The number of carboxylic acids is 1. The highest BCUT2D eigenvalue weighted by molar-refractivity contribution is 5.68. The fourth-order valence-electron chi connectivity index (χ4n) is 2.68. The maximum atomic E-state index is 9.24. The monoisotopic (exact) mass is 370 g/mol. The number of rotatable bonds is 17. The van der Waals surface area contributed by atoms with Crippen molar-refractivity contribution in [1.82, 2.24) is 4.90 Å². The summed E-state index contributed by atoms with van der Waals surface area (Å²) < 4.78 is 0. The first-order chi connectivity index (χ1) is 12.5. The molecular weight excluding hydrogens is 324 g/mol. The largest absolute Gasteiger partial charge is 0.480 e. The predicted molar refractivity (Wildman–Crippen MR) is 115 cm³/mol. The van der Waals surface area contributed by atoms with E-state index in [4.69, 9.17) is 5.11 Å². The van der Waals surface area contributed by atoms with Gasteiger partial charge in [0.1, 0.15) is 0 Å². The second kappa shape index (κ2) is 24.1. The van der Waals surface area contributed by atoms with Crippen LogP contribution in [0.15, 0.2) is 12.2 Å². The zero-order valence-corrected chi connectivity index (χ0v) is 17.8. The number of nitrogens with two attached hydrogens (primary N) is 1. The standard InChI is InChI=1S/C20H41N.C2H5NO2/c1-4-5-6-7-8-9-10-11-12-13-14-15-16-17-18-19-20-21(2)3;3-1-2(4)5/h11-12H,4-10,13-20H2,1-3H3;1,3H2,(H,4,5). The summed E-state index contributed by atoms with van der Waals surface area (Å²) in [5.74, 6) is -0.968. The second-order valence-electron chi connectivity index (χ2n) is 7.34. The van der Waals surface area contributed by atoms with Crippen molar-refractivity contribution < 1.29 is 9.90 Å². The molecule has 0 aromatic heterocycles. The van der Waals surface area contributed by atoms with E-state index in [0.29, 0.717) is 0 Å². The lowest BCUT2D eigenvalue weighted by Crippen LogP contribution is -2.12. The van der Waals surface area contributed by atoms with Gasteiger partial charge in [-0.1, -0.05) is 76.9 Å². The van der Waals surface area contributed by atoms with Crippen LogP contribution >= 0.6 is 0 Å². The fraction of sp³-hybridized carbons (Fsp3) is 0.864. The molecule has 0 aliphatic heterocycles. The molecule has 0 rings (SSSR count). The summed E-state index contributed by atoms with van der Waals surface area (Å²) in [6, 6.07) is 0. The Hall–Kier alpha value is -0.870. The number of carbonyl (C=O) groups is 1. The molecule has 0 atom stereocenters. The van der Waals surface area contributed by atoms with E-state index >= 15 is 0 Å². The summed E-state index contributed by atoms with van der Waals surface area (Å²) in [5, 5.41) is 7.60. The van der Waals surface area contributed by atoms with Gasteiger partial charge in [0, 0.05) is 0 Å². The second-order valence-corrected chi connectivity index (χ2v) is 7.34. The Kier molecular flexibility index (Phi) is 25.4. The molecule has 0 amide bonds. The first kappa shape index (κ1) is 27.3. The molecule has 4 heteroatoms. The molecule has 26 heavy (non-hydrogen) atoms. The maximum Gasteiger partial charge on any atom is 0.317 e. The summed E-state index contributed by atoms with van der Waals surface area (Å²) in [6.07, 6.45) is 24.3. The Balaban J connectivity index is 0. The van der Waals surface area contributed by atoms with Gasteiger partial charge >= 0.3 is 5.97 Å². The van der Waals surface area contributed by atoms with Crippen molar-refractivity contribution >= 4 is 5.97 Å². The lowest BCUT2D eigenvalue weighted by Gasteiger charge is -2.08. The van der Waals surface area contributed by atoms with Crippen LogP contribution in [0, 0.1) is 0 Å². The SMILES string of the molecule is CCCCCCCCC=CCCCCCCCCN(C)C.NCC(=O)O. The van der Waals surface area contributed by atoms with Gasteiger partial charge in [-0.3, -0.25) is 4.79 Å². The van der Waals surface area contributed by atoms with Crippen molar-refractivity contribution in [2.75, 3.05) is 27.2 Å². The molecule has 0 bridgehead atoms. The molecule has 0 radical (unpaired) electrons. The molecule has 0 spiro atoms. The van der Waals surface area contributed by atoms with E-state index in [1.165, 1.54) is 96.4 Å². The zero-order chi connectivity index (χ0) is 19.9. The Morgan fingerprint density at radius 3 is 1.58 bits per heavy atom. The molecule has 0 aliphatic rings. The van der Waals surface area contributed by atoms with Crippen molar-refractivity contribution in [3.63, 3.8) is 0 Å². The summed E-state index contributed by atoms with van der Waals surface area (Å²) in [6.45, 7) is 3.26. The lowest BCUT2D eigenvalue weighted by atomic mass is 10.1. The number of aliphatic carboxylic acids is 1. The van der Waals surface area contributed by atoms with Gasteiger partial charge in [0.05, 0.1) is 6.54 Å². The summed E-state index contributed by atoms with van der Waals surface area (Å²) >= 11 is 0. The van der Waals surface area contributed by atoms with Crippen LogP contribution in [0.25, 0.3) is 0 Å². The lowest BCUT2D eigenvalue weighted by molar-refractivity contribution is -0.135. The Morgan fingerprint density at radius 1 is 0.808 bits per heavy atom. The number of carboxylic acid groups (broad SMARTS) is 1. The Labute approximate surface area is 163 Å². The topological polar surface area (TPSA) is 66.6 Å².